The molecule has 7 nitrogen and oxygen atoms in total. The number of alkyl halides is 6. The second kappa shape index (κ2) is 8.42. The second-order valence-corrected chi connectivity index (χ2v) is 9.25. The zero-order valence-corrected chi connectivity index (χ0v) is 18.4. The van der Waals surface area contributed by atoms with E-state index in [9.17, 15) is 41.0 Å². The molecule has 1 aliphatic heterocycles. The Hall–Kier alpha value is -2.77. The number of halogens is 7. The first kappa shape index (κ1) is 25.3. The maximum atomic E-state index is 15.3. The van der Waals surface area contributed by atoms with Gasteiger partial charge in [-0.25, -0.2) is 9.18 Å². The van der Waals surface area contributed by atoms with Crippen LogP contribution in [0.25, 0.3) is 10.9 Å². The molecule has 2 atom stereocenters. The SMILES string of the molecule is Cc1c(N2CCC(C(N)CC(C(F)(F)F)C(F)(F)F)C2)c(F)c(O)c2c(=O)[nH]c(=O)n(C3CC3)c12. The van der Waals surface area contributed by atoms with Crippen LogP contribution in [0.2, 0.25) is 0 Å². The van der Waals surface area contributed by atoms with Gasteiger partial charge in [0.2, 0.25) is 0 Å². The highest BCUT2D eigenvalue weighted by molar-refractivity contribution is 5.92. The van der Waals surface area contributed by atoms with Crippen molar-refractivity contribution >= 4 is 16.6 Å². The zero-order chi connectivity index (χ0) is 26.0. The number of phenols is 1. The normalized spacial score (nSPS) is 20.3. The number of nitrogens with two attached hydrogens (primary N) is 1. The summed E-state index contributed by atoms with van der Waals surface area (Å²) in [6.07, 6.45) is -11.0. The van der Waals surface area contributed by atoms with E-state index in [0.29, 0.717) is 12.8 Å². The Morgan fingerprint density at radius 2 is 1.71 bits per heavy atom. The van der Waals surface area contributed by atoms with Crippen LogP contribution < -0.4 is 21.9 Å². The molecule has 1 saturated heterocycles. The van der Waals surface area contributed by atoms with Gasteiger partial charge in [-0.15, -0.1) is 0 Å². The van der Waals surface area contributed by atoms with Crippen LogP contribution in [0.1, 0.15) is 37.3 Å². The van der Waals surface area contributed by atoms with Gasteiger partial charge in [-0.3, -0.25) is 14.3 Å². The van der Waals surface area contributed by atoms with Crippen molar-refractivity contribution < 1.29 is 35.8 Å². The van der Waals surface area contributed by atoms with Crippen molar-refractivity contribution in [3.8, 4) is 5.75 Å². The predicted molar refractivity (Wildman–Crippen MR) is 112 cm³/mol. The third kappa shape index (κ3) is 4.47. The Kier molecular flexibility index (Phi) is 6.09. The summed E-state index contributed by atoms with van der Waals surface area (Å²) in [7, 11) is 0. The highest BCUT2D eigenvalue weighted by Gasteiger charge is 2.57. The quantitative estimate of drug-likeness (QED) is 0.533. The number of aromatic nitrogens is 2. The Bertz CT molecular complexity index is 1250. The molecule has 1 aliphatic carbocycles. The van der Waals surface area contributed by atoms with E-state index in [1.807, 2.05) is 0 Å². The van der Waals surface area contributed by atoms with E-state index in [4.69, 9.17) is 5.73 Å². The number of nitrogens with one attached hydrogen (secondary N) is 1. The second-order valence-electron chi connectivity index (χ2n) is 9.25. The average molecular weight is 512 g/mol. The van der Waals surface area contributed by atoms with Gasteiger partial charge in [0.1, 0.15) is 5.39 Å². The van der Waals surface area contributed by atoms with E-state index in [1.165, 1.54) is 16.4 Å². The lowest BCUT2D eigenvalue weighted by Gasteiger charge is -2.29. The van der Waals surface area contributed by atoms with Gasteiger partial charge in [-0.2, -0.15) is 26.3 Å². The molecule has 194 valence electrons. The number of benzene rings is 1. The number of phenolic OH excluding ortho intramolecular Hbond substituents is 1. The number of H-pyrrole nitrogens is 1. The molecule has 2 aromatic rings. The summed E-state index contributed by atoms with van der Waals surface area (Å²) in [4.78, 5) is 28.2. The number of rotatable bonds is 5. The average Bonchev–Trinajstić information content (AvgIpc) is 3.44. The lowest BCUT2D eigenvalue weighted by Crippen LogP contribution is -2.43. The molecule has 0 bridgehead atoms. The van der Waals surface area contributed by atoms with Gasteiger partial charge >= 0.3 is 18.0 Å². The lowest BCUT2D eigenvalue weighted by molar-refractivity contribution is -0.287. The molecule has 1 aromatic heterocycles. The van der Waals surface area contributed by atoms with Crippen molar-refractivity contribution in [1.29, 1.82) is 0 Å². The van der Waals surface area contributed by atoms with Crippen molar-refractivity contribution in [3.63, 3.8) is 0 Å². The van der Waals surface area contributed by atoms with E-state index in [2.05, 4.69) is 4.98 Å². The molecule has 35 heavy (non-hydrogen) atoms. The highest BCUT2D eigenvalue weighted by Crippen LogP contribution is 2.45. The third-order valence-electron chi connectivity index (χ3n) is 6.86. The highest BCUT2D eigenvalue weighted by atomic mass is 19.4. The van der Waals surface area contributed by atoms with E-state index >= 15 is 4.39 Å². The maximum absolute atomic E-state index is 15.3. The Balaban J connectivity index is 1.69. The first-order valence-electron chi connectivity index (χ1n) is 11.0. The smallest absolute Gasteiger partial charge is 0.400 e. The van der Waals surface area contributed by atoms with Crippen LogP contribution in [0.4, 0.5) is 36.4 Å². The molecule has 1 aromatic carbocycles. The summed E-state index contributed by atoms with van der Waals surface area (Å²) >= 11 is 0. The van der Waals surface area contributed by atoms with Crippen LogP contribution in [0.5, 0.6) is 5.75 Å². The Morgan fingerprint density at radius 1 is 1.11 bits per heavy atom. The molecule has 2 fully saturated rings. The summed E-state index contributed by atoms with van der Waals surface area (Å²) in [6.45, 7) is 1.32. The summed E-state index contributed by atoms with van der Waals surface area (Å²) in [5.41, 5.74) is 4.08. The third-order valence-corrected chi connectivity index (χ3v) is 6.86. The number of aromatic amines is 1. The van der Waals surface area contributed by atoms with Crippen molar-refractivity contribution in [3.05, 3.63) is 32.2 Å². The predicted octanol–water partition coefficient (Wildman–Crippen LogP) is 3.46. The van der Waals surface area contributed by atoms with E-state index in [1.54, 1.807) is 0 Å². The largest absolute Gasteiger partial charge is 0.504 e. The van der Waals surface area contributed by atoms with Gasteiger partial charge in [-0.1, -0.05) is 0 Å². The molecule has 0 spiro atoms. The standard InChI is InChI=1S/C21H23F7N4O3/c1-8-15-13(18(34)30-19(35)32(15)10-2-3-10)17(33)14(22)16(8)31-5-4-9(7-31)11(29)6-12(20(23,24)25)21(26,27)28/h9-12,33H,2-7,29H2,1H3,(H,30,34,35). The summed E-state index contributed by atoms with van der Waals surface area (Å²) < 4.78 is 94.3. The van der Waals surface area contributed by atoms with Gasteiger partial charge in [-0.05, 0) is 38.5 Å². The number of aromatic hydroxyl groups is 1. The fraction of sp³-hybridized carbons (Fsp3) is 0.619. The lowest BCUT2D eigenvalue weighted by atomic mass is 9.89. The van der Waals surface area contributed by atoms with Crippen LogP contribution in [0, 0.1) is 24.6 Å². The molecule has 0 amide bonds. The molecule has 1 saturated carbocycles. The van der Waals surface area contributed by atoms with Crippen molar-refractivity contribution in [1.82, 2.24) is 9.55 Å². The molecular weight excluding hydrogens is 489 g/mol. The van der Waals surface area contributed by atoms with Crippen molar-refractivity contribution in [2.24, 2.45) is 17.6 Å². The van der Waals surface area contributed by atoms with Crippen LogP contribution in [-0.2, 0) is 0 Å². The summed E-state index contributed by atoms with van der Waals surface area (Å²) in [5, 5.41) is 10.1. The number of hydrogen-bond donors (Lipinski definition) is 3. The van der Waals surface area contributed by atoms with Gasteiger partial charge in [0.15, 0.2) is 17.5 Å². The van der Waals surface area contributed by atoms with Crippen LogP contribution in [-0.4, -0.2) is 46.1 Å². The Labute approximate surface area is 193 Å². The minimum atomic E-state index is -5.51. The number of anilines is 1. The molecule has 2 unspecified atom stereocenters. The molecular formula is C21H23F7N4O3. The maximum Gasteiger partial charge on any atom is 0.400 e. The van der Waals surface area contributed by atoms with Crippen LogP contribution in [0.15, 0.2) is 9.59 Å². The van der Waals surface area contributed by atoms with E-state index < -0.39 is 64.9 Å². The monoisotopic (exact) mass is 512 g/mol. The van der Waals surface area contributed by atoms with Gasteiger partial charge < -0.3 is 15.7 Å². The number of nitrogens with zero attached hydrogens (tertiary/aromatic N) is 2. The molecule has 0 radical (unpaired) electrons. The molecule has 4 rings (SSSR count). The molecule has 4 N–H and O–H groups in total. The van der Waals surface area contributed by atoms with E-state index in [-0.39, 0.29) is 42.3 Å². The number of fused-ring (bicyclic) bond motifs is 1. The number of hydrogen-bond acceptors (Lipinski definition) is 5. The minimum Gasteiger partial charge on any atom is -0.504 e. The first-order valence-corrected chi connectivity index (χ1v) is 11.0. The van der Waals surface area contributed by atoms with Gasteiger partial charge in [0, 0.05) is 30.7 Å². The summed E-state index contributed by atoms with van der Waals surface area (Å²) in [5.74, 6) is -6.55. The topological polar surface area (TPSA) is 104 Å². The summed E-state index contributed by atoms with van der Waals surface area (Å²) in [6, 6.07) is -1.72. The molecule has 14 heteroatoms. The zero-order valence-electron chi connectivity index (χ0n) is 18.4. The van der Waals surface area contributed by atoms with Crippen LogP contribution >= 0.6 is 0 Å². The van der Waals surface area contributed by atoms with Gasteiger partial charge in [0.05, 0.1) is 11.2 Å². The fourth-order valence-electron chi connectivity index (χ4n) is 4.95. The van der Waals surface area contributed by atoms with Crippen LogP contribution in [0.3, 0.4) is 0 Å². The van der Waals surface area contributed by atoms with E-state index in [0.717, 1.165) is 0 Å². The first-order chi connectivity index (χ1) is 16.1. The van der Waals surface area contributed by atoms with Crippen molar-refractivity contribution in [2.75, 3.05) is 18.0 Å². The fourth-order valence-corrected chi connectivity index (χ4v) is 4.95. The molecule has 2 aliphatic rings. The van der Waals surface area contributed by atoms with Crippen molar-refractivity contribution in [2.45, 2.75) is 57.0 Å². The minimum absolute atomic E-state index is 0.0390. The Morgan fingerprint density at radius 3 is 2.26 bits per heavy atom. The number of aryl methyl sites for hydroxylation is 1. The molecule has 2 heterocycles. The van der Waals surface area contributed by atoms with Gasteiger partial charge in [0.25, 0.3) is 5.56 Å².